The largest absolute Gasteiger partial charge is 0.331 e. The first-order chi connectivity index (χ1) is 12.0. The maximum absolute atomic E-state index is 12.5. The maximum Gasteiger partial charge on any atom is 0.247 e. The number of amides is 1. The van der Waals surface area contributed by atoms with Crippen molar-refractivity contribution in [1.82, 2.24) is 4.90 Å². The van der Waals surface area contributed by atoms with Gasteiger partial charge in [0.05, 0.1) is 21.7 Å². The normalized spacial score (nSPS) is 10.4. The fraction of sp³-hybridized carbons (Fsp3) is 0.100. The molecule has 0 N–H and O–H groups in total. The Bertz CT molecular complexity index is 836. The van der Waals surface area contributed by atoms with Crippen LogP contribution in [-0.4, -0.2) is 17.4 Å². The zero-order valence-corrected chi connectivity index (χ0v) is 15.0. The zero-order chi connectivity index (χ0) is 18.2. The average Bonchev–Trinajstić information content (AvgIpc) is 2.62. The van der Waals surface area contributed by atoms with Gasteiger partial charge in [0.1, 0.15) is 0 Å². The summed E-state index contributed by atoms with van der Waals surface area (Å²) in [7, 11) is 0. The summed E-state index contributed by atoms with van der Waals surface area (Å²) in [6.45, 7) is 4.55. The van der Waals surface area contributed by atoms with Crippen LogP contribution in [0.4, 0.5) is 0 Å². The lowest BCUT2D eigenvalue weighted by atomic mass is 10.1. The fourth-order valence-electron chi connectivity index (χ4n) is 2.18. The van der Waals surface area contributed by atoms with E-state index in [0.29, 0.717) is 28.7 Å². The molecule has 0 fully saturated rings. The molecule has 0 atom stereocenters. The van der Waals surface area contributed by atoms with E-state index in [9.17, 15) is 4.79 Å². The summed E-state index contributed by atoms with van der Waals surface area (Å²) >= 11 is 11.9. The van der Waals surface area contributed by atoms with Crippen LogP contribution in [0.1, 0.15) is 16.7 Å². The topological polar surface area (TPSA) is 44.1 Å². The van der Waals surface area contributed by atoms with Gasteiger partial charge in [0.2, 0.25) is 5.91 Å². The number of benzene rings is 2. The molecule has 0 saturated heterocycles. The predicted octanol–water partition coefficient (Wildman–Crippen LogP) is 5.09. The van der Waals surface area contributed by atoms with Gasteiger partial charge in [-0.2, -0.15) is 5.26 Å². The van der Waals surface area contributed by atoms with Gasteiger partial charge >= 0.3 is 0 Å². The summed E-state index contributed by atoms with van der Waals surface area (Å²) in [5, 5.41) is 9.76. The van der Waals surface area contributed by atoms with Crippen molar-refractivity contribution < 1.29 is 4.79 Å². The summed E-state index contributed by atoms with van der Waals surface area (Å²) in [5.41, 5.74) is 2.32. The van der Waals surface area contributed by atoms with Gasteiger partial charge in [-0.3, -0.25) is 4.79 Å². The van der Waals surface area contributed by atoms with E-state index in [4.69, 9.17) is 28.5 Å². The molecule has 2 aromatic carbocycles. The average molecular weight is 371 g/mol. The van der Waals surface area contributed by atoms with Crippen molar-refractivity contribution in [3.8, 4) is 6.07 Å². The Hall–Kier alpha value is -2.54. The molecule has 0 radical (unpaired) electrons. The molecule has 0 saturated carbocycles. The molecule has 25 heavy (non-hydrogen) atoms. The van der Waals surface area contributed by atoms with E-state index in [2.05, 4.69) is 12.6 Å². The Balaban J connectivity index is 2.10. The molecule has 2 aromatic rings. The van der Waals surface area contributed by atoms with Crippen molar-refractivity contribution in [1.29, 1.82) is 5.26 Å². The predicted molar refractivity (Wildman–Crippen MR) is 102 cm³/mol. The molecular formula is C20H16Cl2N2O. The highest BCUT2D eigenvalue weighted by molar-refractivity contribution is 6.42. The molecule has 126 valence electrons. The third-order valence-electron chi connectivity index (χ3n) is 3.48. The first kappa shape index (κ1) is 18.8. The smallest absolute Gasteiger partial charge is 0.247 e. The molecule has 5 heteroatoms. The quantitative estimate of drug-likeness (QED) is 0.524. The molecule has 0 bridgehead atoms. The number of nitriles is 1. The van der Waals surface area contributed by atoms with Crippen LogP contribution in [-0.2, 0) is 11.3 Å². The minimum absolute atomic E-state index is 0.143. The van der Waals surface area contributed by atoms with Gasteiger partial charge in [-0.1, -0.05) is 47.5 Å². The zero-order valence-electron chi connectivity index (χ0n) is 13.5. The van der Waals surface area contributed by atoms with Crippen LogP contribution in [0.2, 0.25) is 10.0 Å². The first-order valence-corrected chi connectivity index (χ1v) is 8.31. The summed E-state index contributed by atoms with van der Waals surface area (Å²) in [4.78, 5) is 14.1. The van der Waals surface area contributed by atoms with E-state index in [-0.39, 0.29) is 5.91 Å². The molecule has 0 aliphatic rings. The van der Waals surface area contributed by atoms with Crippen molar-refractivity contribution in [2.75, 3.05) is 6.54 Å². The summed E-state index contributed by atoms with van der Waals surface area (Å²) in [6.07, 6.45) is 4.86. The molecule has 0 aliphatic carbocycles. The van der Waals surface area contributed by atoms with Gasteiger partial charge in [-0.15, -0.1) is 6.58 Å². The Morgan fingerprint density at radius 1 is 1.16 bits per heavy atom. The Morgan fingerprint density at radius 3 is 2.48 bits per heavy atom. The van der Waals surface area contributed by atoms with Crippen molar-refractivity contribution in [2.45, 2.75) is 6.54 Å². The van der Waals surface area contributed by atoms with E-state index >= 15 is 0 Å². The van der Waals surface area contributed by atoms with Crippen LogP contribution in [0, 0.1) is 11.3 Å². The number of carbonyl (C=O) groups excluding carboxylic acids is 1. The number of halogens is 2. The van der Waals surface area contributed by atoms with Crippen LogP contribution in [0.5, 0.6) is 0 Å². The summed E-state index contributed by atoms with van der Waals surface area (Å²) in [5.74, 6) is -0.143. The van der Waals surface area contributed by atoms with Crippen molar-refractivity contribution >= 4 is 35.2 Å². The van der Waals surface area contributed by atoms with Crippen LogP contribution >= 0.6 is 23.2 Å². The number of rotatable bonds is 6. The van der Waals surface area contributed by atoms with Crippen LogP contribution in [0.15, 0.2) is 61.2 Å². The molecule has 2 rings (SSSR count). The Morgan fingerprint density at radius 2 is 1.88 bits per heavy atom. The van der Waals surface area contributed by atoms with Gasteiger partial charge in [0, 0.05) is 19.2 Å². The van der Waals surface area contributed by atoms with Crippen LogP contribution < -0.4 is 0 Å². The van der Waals surface area contributed by atoms with E-state index in [1.807, 2.05) is 12.1 Å². The summed E-state index contributed by atoms with van der Waals surface area (Å²) < 4.78 is 0. The van der Waals surface area contributed by atoms with E-state index in [0.717, 1.165) is 11.1 Å². The molecule has 0 heterocycles. The molecule has 3 nitrogen and oxygen atoms in total. The van der Waals surface area contributed by atoms with Gasteiger partial charge in [-0.25, -0.2) is 0 Å². The third-order valence-corrected chi connectivity index (χ3v) is 4.22. The van der Waals surface area contributed by atoms with Crippen molar-refractivity contribution in [3.05, 3.63) is 87.9 Å². The molecule has 0 aliphatic heterocycles. The van der Waals surface area contributed by atoms with Gasteiger partial charge in [0.15, 0.2) is 0 Å². The standard InChI is InChI=1S/C20H16Cl2N2O/c1-2-11-24(14-17-5-3-16(13-23)4-6-17)20(25)10-8-15-7-9-18(21)19(22)12-15/h2-10,12H,1,11,14H2/b10-8+. The van der Waals surface area contributed by atoms with Crippen LogP contribution in [0.3, 0.4) is 0 Å². The number of nitrogens with zero attached hydrogens (tertiary/aromatic N) is 2. The monoisotopic (exact) mass is 370 g/mol. The molecule has 1 amide bonds. The lowest BCUT2D eigenvalue weighted by Crippen LogP contribution is -2.29. The van der Waals surface area contributed by atoms with Gasteiger partial charge in [-0.05, 0) is 41.5 Å². The second-order valence-corrected chi connectivity index (χ2v) is 6.14. The first-order valence-electron chi connectivity index (χ1n) is 7.55. The van der Waals surface area contributed by atoms with Crippen molar-refractivity contribution in [3.63, 3.8) is 0 Å². The van der Waals surface area contributed by atoms with Crippen LogP contribution in [0.25, 0.3) is 6.08 Å². The highest BCUT2D eigenvalue weighted by Gasteiger charge is 2.10. The second kappa shape index (κ2) is 9.08. The highest BCUT2D eigenvalue weighted by Crippen LogP contribution is 2.23. The number of carbonyl (C=O) groups is 1. The number of hydrogen-bond donors (Lipinski definition) is 0. The third kappa shape index (κ3) is 5.49. The maximum atomic E-state index is 12.5. The highest BCUT2D eigenvalue weighted by atomic mass is 35.5. The van der Waals surface area contributed by atoms with E-state index < -0.39 is 0 Å². The van der Waals surface area contributed by atoms with E-state index in [1.54, 1.807) is 47.4 Å². The molecule has 0 unspecified atom stereocenters. The SMILES string of the molecule is C=CCN(Cc1ccc(C#N)cc1)C(=O)/C=C/c1ccc(Cl)c(Cl)c1. The van der Waals surface area contributed by atoms with E-state index in [1.165, 1.54) is 6.08 Å². The van der Waals surface area contributed by atoms with Gasteiger partial charge in [0.25, 0.3) is 0 Å². The lowest BCUT2D eigenvalue weighted by Gasteiger charge is -2.19. The molecule has 0 aromatic heterocycles. The molecular weight excluding hydrogens is 355 g/mol. The second-order valence-electron chi connectivity index (χ2n) is 5.32. The lowest BCUT2D eigenvalue weighted by molar-refractivity contribution is -0.126. The van der Waals surface area contributed by atoms with Gasteiger partial charge < -0.3 is 4.90 Å². The number of hydrogen-bond acceptors (Lipinski definition) is 2. The Labute approximate surface area is 157 Å². The molecule has 0 spiro atoms. The van der Waals surface area contributed by atoms with Crippen molar-refractivity contribution in [2.24, 2.45) is 0 Å². The minimum Gasteiger partial charge on any atom is -0.331 e. The minimum atomic E-state index is -0.143. The summed E-state index contributed by atoms with van der Waals surface area (Å²) in [6, 6.07) is 14.4. The fourth-order valence-corrected chi connectivity index (χ4v) is 2.49. The Kier molecular flexibility index (Phi) is 6.82.